The summed E-state index contributed by atoms with van der Waals surface area (Å²) < 4.78 is 6.32. The summed E-state index contributed by atoms with van der Waals surface area (Å²) in [6.07, 6.45) is 4.37. The molecule has 3 nitrogen and oxygen atoms in total. The third kappa shape index (κ3) is 5.09. The van der Waals surface area contributed by atoms with Gasteiger partial charge >= 0.3 is 5.97 Å². The zero-order valence-electron chi connectivity index (χ0n) is 20.0. The van der Waals surface area contributed by atoms with Gasteiger partial charge in [-0.2, -0.15) is 0 Å². The number of hydrogen-bond donors (Lipinski definition) is 0. The lowest BCUT2D eigenvalue weighted by Crippen LogP contribution is -2.38. The average Bonchev–Trinajstić information content (AvgIpc) is 2.84. The van der Waals surface area contributed by atoms with Crippen LogP contribution in [0.2, 0.25) is 0 Å². The Morgan fingerprint density at radius 3 is 1.78 bits per heavy atom. The van der Waals surface area contributed by atoms with Gasteiger partial charge in [-0.1, -0.05) is 80.6 Å². The number of nitrogens with zero attached hydrogens (tertiary/aromatic N) is 1. The number of rotatable bonds is 9. The molecule has 0 amide bonds. The smallest absolute Gasteiger partial charge is 0.312 e. The van der Waals surface area contributed by atoms with Gasteiger partial charge in [0.2, 0.25) is 0 Å². The maximum atomic E-state index is 13.5. The Morgan fingerprint density at radius 2 is 1.31 bits per heavy atom. The molecular weight excluding hydrogens is 394 g/mol. The van der Waals surface area contributed by atoms with Crippen molar-refractivity contribution < 1.29 is 9.53 Å². The van der Waals surface area contributed by atoms with Crippen LogP contribution >= 0.6 is 0 Å². The highest BCUT2D eigenvalue weighted by atomic mass is 16.6. The largest absolute Gasteiger partial charge is 0.449 e. The molecule has 0 bridgehead atoms. The molecule has 0 spiro atoms. The van der Waals surface area contributed by atoms with Crippen molar-refractivity contribution in [3.8, 4) is 0 Å². The fourth-order valence-corrected chi connectivity index (χ4v) is 4.02. The van der Waals surface area contributed by atoms with Crippen molar-refractivity contribution >= 4 is 5.97 Å². The first kappa shape index (κ1) is 23.7. The molecule has 3 rings (SSSR count). The SMILES string of the molecule is CCC(C)(CCC(C)(C)C(=O)OC(C)(c1ccccc1)c1ccccc1)c1ccccn1. The molecule has 0 aliphatic heterocycles. The van der Waals surface area contributed by atoms with Crippen molar-refractivity contribution in [2.24, 2.45) is 5.41 Å². The lowest BCUT2D eigenvalue weighted by Gasteiger charge is -2.36. The Balaban J connectivity index is 1.83. The third-order valence-electron chi connectivity index (χ3n) is 6.86. The minimum atomic E-state index is -0.855. The van der Waals surface area contributed by atoms with E-state index in [0.717, 1.165) is 29.7 Å². The summed E-state index contributed by atoms with van der Waals surface area (Å²) in [5.74, 6) is -0.188. The normalized spacial score (nSPS) is 13.9. The van der Waals surface area contributed by atoms with Crippen LogP contribution in [-0.2, 0) is 20.5 Å². The van der Waals surface area contributed by atoms with E-state index in [1.807, 2.05) is 99.8 Å². The molecule has 3 heteroatoms. The lowest BCUT2D eigenvalue weighted by molar-refractivity contribution is -0.166. The van der Waals surface area contributed by atoms with E-state index < -0.39 is 11.0 Å². The van der Waals surface area contributed by atoms with Gasteiger partial charge in [-0.3, -0.25) is 9.78 Å². The predicted octanol–water partition coefficient (Wildman–Crippen LogP) is 7.06. The number of carbonyl (C=O) groups excluding carboxylic acids is 1. The number of ether oxygens (including phenoxy) is 1. The first-order valence-electron chi connectivity index (χ1n) is 11.5. The lowest BCUT2D eigenvalue weighted by atomic mass is 9.74. The minimum absolute atomic E-state index is 0.0824. The van der Waals surface area contributed by atoms with Crippen LogP contribution in [-0.4, -0.2) is 11.0 Å². The van der Waals surface area contributed by atoms with E-state index in [1.165, 1.54) is 0 Å². The van der Waals surface area contributed by atoms with Gasteiger partial charge in [-0.25, -0.2) is 0 Å². The van der Waals surface area contributed by atoms with Crippen molar-refractivity contribution in [3.63, 3.8) is 0 Å². The highest BCUT2D eigenvalue weighted by Crippen LogP contribution is 2.39. The van der Waals surface area contributed by atoms with Crippen LogP contribution in [0, 0.1) is 5.41 Å². The molecule has 0 radical (unpaired) electrons. The number of aromatic nitrogens is 1. The van der Waals surface area contributed by atoms with Crippen LogP contribution in [0.4, 0.5) is 0 Å². The molecule has 0 fully saturated rings. The Kier molecular flexibility index (Phi) is 7.18. The van der Waals surface area contributed by atoms with Gasteiger partial charge in [0, 0.05) is 17.3 Å². The Labute approximate surface area is 192 Å². The van der Waals surface area contributed by atoms with Gasteiger partial charge in [0.05, 0.1) is 5.41 Å². The highest BCUT2D eigenvalue weighted by Gasteiger charge is 2.40. The molecule has 168 valence electrons. The zero-order chi connectivity index (χ0) is 23.2. The first-order valence-corrected chi connectivity index (χ1v) is 11.5. The van der Waals surface area contributed by atoms with Crippen molar-refractivity contribution in [3.05, 3.63) is 102 Å². The van der Waals surface area contributed by atoms with E-state index in [4.69, 9.17) is 4.74 Å². The second kappa shape index (κ2) is 9.68. The van der Waals surface area contributed by atoms with Crippen molar-refractivity contribution in [1.82, 2.24) is 4.98 Å². The quantitative estimate of drug-likeness (QED) is 0.342. The molecule has 3 aromatic rings. The van der Waals surface area contributed by atoms with Crippen LogP contribution in [0.25, 0.3) is 0 Å². The molecule has 1 heterocycles. The topological polar surface area (TPSA) is 39.2 Å². The van der Waals surface area contributed by atoms with Crippen molar-refractivity contribution in [2.75, 3.05) is 0 Å². The Morgan fingerprint density at radius 1 is 0.781 bits per heavy atom. The Bertz CT molecular complexity index is 960. The zero-order valence-corrected chi connectivity index (χ0v) is 20.0. The summed E-state index contributed by atoms with van der Waals surface area (Å²) in [6, 6.07) is 26.0. The second-order valence-corrected chi connectivity index (χ2v) is 9.67. The fourth-order valence-electron chi connectivity index (χ4n) is 4.02. The minimum Gasteiger partial charge on any atom is -0.449 e. The molecule has 1 aromatic heterocycles. The molecule has 2 aromatic carbocycles. The number of hydrogen-bond acceptors (Lipinski definition) is 3. The summed E-state index contributed by atoms with van der Waals surface area (Å²) in [4.78, 5) is 18.1. The monoisotopic (exact) mass is 429 g/mol. The number of pyridine rings is 1. The predicted molar refractivity (Wildman–Crippen MR) is 130 cm³/mol. The van der Waals surface area contributed by atoms with Crippen molar-refractivity contribution in [2.45, 2.75) is 64.9 Å². The molecule has 0 aliphatic rings. The van der Waals surface area contributed by atoms with Gasteiger partial charge in [-0.05, 0) is 63.3 Å². The summed E-state index contributed by atoms with van der Waals surface area (Å²) >= 11 is 0. The highest BCUT2D eigenvalue weighted by molar-refractivity contribution is 5.77. The number of benzene rings is 2. The van der Waals surface area contributed by atoms with E-state index in [9.17, 15) is 4.79 Å². The van der Waals surface area contributed by atoms with Crippen molar-refractivity contribution in [1.29, 1.82) is 0 Å². The van der Waals surface area contributed by atoms with Gasteiger partial charge < -0.3 is 4.74 Å². The van der Waals surface area contributed by atoms with Crippen LogP contribution < -0.4 is 0 Å². The van der Waals surface area contributed by atoms with E-state index in [-0.39, 0.29) is 11.4 Å². The van der Waals surface area contributed by atoms with Crippen LogP contribution in [0.1, 0.15) is 70.7 Å². The van der Waals surface area contributed by atoms with Crippen LogP contribution in [0.15, 0.2) is 85.1 Å². The van der Waals surface area contributed by atoms with E-state index in [2.05, 4.69) is 24.9 Å². The summed E-state index contributed by atoms with van der Waals surface area (Å²) in [6.45, 7) is 10.4. The maximum Gasteiger partial charge on any atom is 0.312 e. The first-order chi connectivity index (χ1) is 15.2. The molecule has 0 N–H and O–H groups in total. The van der Waals surface area contributed by atoms with Crippen LogP contribution in [0.5, 0.6) is 0 Å². The average molecular weight is 430 g/mol. The van der Waals surface area contributed by atoms with Gasteiger partial charge in [0.25, 0.3) is 0 Å². The van der Waals surface area contributed by atoms with Crippen LogP contribution in [0.3, 0.4) is 0 Å². The van der Waals surface area contributed by atoms with Gasteiger partial charge in [0.1, 0.15) is 0 Å². The van der Waals surface area contributed by atoms with E-state index >= 15 is 0 Å². The standard InChI is InChI=1S/C29H35NO2/c1-6-28(4,25-19-13-14-22-30-25)21-20-27(2,3)26(31)32-29(5,23-15-9-7-10-16-23)24-17-11-8-12-18-24/h7-19,22H,6,20-21H2,1-5H3. The molecule has 0 saturated carbocycles. The number of carbonyl (C=O) groups is 1. The number of esters is 1. The summed E-state index contributed by atoms with van der Waals surface area (Å²) in [5, 5.41) is 0. The summed E-state index contributed by atoms with van der Waals surface area (Å²) in [7, 11) is 0. The molecule has 0 saturated heterocycles. The molecular formula is C29H35NO2. The van der Waals surface area contributed by atoms with Gasteiger partial charge in [0.15, 0.2) is 5.60 Å². The van der Waals surface area contributed by atoms with Gasteiger partial charge in [-0.15, -0.1) is 0 Å². The molecule has 0 aliphatic carbocycles. The molecule has 1 unspecified atom stereocenters. The molecule has 32 heavy (non-hydrogen) atoms. The molecule has 1 atom stereocenters. The van der Waals surface area contributed by atoms with E-state index in [1.54, 1.807) is 0 Å². The summed E-state index contributed by atoms with van der Waals surface area (Å²) in [5.41, 5.74) is 1.43. The maximum absolute atomic E-state index is 13.5. The fraction of sp³-hybridized carbons (Fsp3) is 0.379. The third-order valence-corrected chi connectivity index (χ3v) is 6.86. The Hall–Kier alpha value is -2.94. The second-order valence-electron chi connectivity index (χ2n) is 9.67. The van der Waals surface area contributed by atoms with E-state index in [0.29, 0.717) is 6.42 Å².